The third-order valence-electron chi connectivity index (χ3n) is 10.9. The molecule has 4 aliphatic rings. The molecule has 4 aliphatic heterocycles. The minimum atomic E-state index is -4.25. The van der Waals surface area contributed by atoms with E-state index in [1.807, 2.05) is 100 Å². The second-order valence-corrected chi connectivity index (χ2v) is 13.9. The third-order valence-corrected chi connectivity index (χ3v) is 10.9. The number of benzene rings is 2. The molecule has 4 nitrogen and oxygen atoms in total. The first-order valence-corrected chi connectivity index (χ1v) is 16.9. The van der Waals surface area contributed by atoms with Crippen LogP contribution in [0.25, 0.3) is 11.1 Å². The first kappa shape index (κ1) is 31.9. The van der Waals surface area contributed by atoms with Crippen molar-refractivity contribution in [3.63, 3.8) is 0 Å². The van der Waals surface area contributed by atoms with Crippen LogP contribution in [0.2, 0.25) is 0 Å². The van der Waals surface area contributed by atoms with Crippen molar-refractivity contribution in [2.24, 2.45) is 0 Å². The van der Waals surface area contributed by atoms with E-state index in [4.69, 9.17) is 0 Å². The average Bonchev–Trinajstić information content (AvgIpc) is 3.72. The molecular formula is C40H36B2F4N4. The van der Waals surface area contributed by atoms with E-state index in [0.29, 0.717) is 67.9 Å². The molecule has 8 rings (SSSR count). The van der Waals surface area contributed by atoms with Crippen LogP contribution in [0.4, 0.5) is 17.3 Å². The fourth-order valence-electron chi connectivity index (χ4n) is 8.89. The topological polar surface area (TPSA) is 15.9 Å². The van der Waals surface area contributed by atoms with E-state index in [9.17, 15) is 0 Å². The lowest BCUT2D eigenvalue weighted by atomic mass is 9.84. The Bertz CT molecular complexity index is 2320. The van der Waals surface area contributed by atoms with E-state index in [1.54, 1.807) is 27.7 Å². The predicted octanol–water partition coefficient (Wildman–Crippen LogP) is 8.83. The molecule has 0 radical (unpaired) electrons. The fraction of sp³-hybridized carbons (Fsp3) is 0.200. The second-order valence-electron chi connectivity index (χ2n) is 13.9. The summed E-state index contributed by atoms with van der Waals surface area (Å²) in [5, 5.41) is 0. The predicted molar refractivity (Wildman–Crippen MR) is 195 cm³/mol. The number of rotatable bonds is 2. The minimum absolute atomic E-state index is 0.340. The molecule has 0 aliphatic carbocycles. The van der Waals surface area contributed by atoms with Crippen LogP contribution in [0.3, 0.4) is 0 Å². The standard InChI is InChI=1S/C40H36B2F4N4/c1-23-21-25(3)47-37(23)35(31-15-11-9-12-16-31)39-27(5)33(29(7)49(39)41(47,43)44)19-20-34-28(6)40-36(32-17-13-10-14-18-32)38-24(2)22-26(4)48(38)42(45,46)50(40)30(34)8/h9-18,21-22H,1-8H3. The Balaban J connectivity index is 1.38. The van der Waals surface area contributed by atoms with Gasteiger partial charge in [0.15, 0.2) is 11.4 Å². The Kier molecular flexibility index (Phi) is 6.78. The number of halogens is 4. The maximum atomic E-state index is 16.7. The second kappa shape index (κ2) is 10.6. The van der Waals surface area contributed by atoms with Gasteiger partial charge in [-0.1, -0.05) is 72.5 Å². The molecule has 0 fully saturated rings. The lowest BCUT2D eigenvalue weighted by Crippen LogP contribution is -2.51. The Morgan fingerprint density at radius 3 is 1.20 bits per heavy atom. The van der Waals surface area contributed by atoms with Crippen LogP contribution in [0.15, 0.2) is 106 Å². The molecule has 0 saturated carbocycles. The molecule has 50 heavy (non-hydrogen) atoms. The van der Waals surface area contributed by atoms with Crippen LogP contribution in [0.1, 0.15) is 72.7 Å². The lowest BCUT2D eigenvalue weighted by molar-refractivity contribution is -0.364. The van der Waals surface area contributed by atoms with Gasteiger partial charge in [0.1, 0.15) is 11.4 Å². The monoisotopic (exact) mass is 670 g/mol. The van der Waals surface area contributed by atoms with E-state index < -0.39 is 13.9 Å². The number of nitrogens with zero attached hydrogens (tertiary/aromatic N) is 4. The zero-order valence-electron chi connectivity index (χ0n) is 29.4. The lowest BCUT2D eigenvalue weighted by Gasteiger charge is -2.34. The molecule has 10 heteroatoms. The molecule has 250 valence electrons. The zero-order valence-corrected chi connectivity index (χ0v) is 29.4. The summed E-state index contributed by atoms with van der Waals surface area (Å²) in [4.78, 5) is 0. The third kappa shape index (κ3) is 4.03. The molecule has 6 heterocycles. The Morgan fingerprint density at radius 1 is 0.520 bits per heavy atom. The van der Waals surface area contributed by atoms with Crippen molar-refractivity contribution in [3.8, 4) is 11.8 Å². The highest BCUT2D eigenvalue weighted by Crippen LogP contribution is 2.47. The van der Waals surface area contributed by atoms with Crippen molar-refractivity contribution < 1.29 is 26.2 Å². The minimum Gasteiger partial charge on any atom is -0.393 e. The maximum Gasteiger partial charge on any atom is 0.737 e. The summed E-state index contributed by atoms with van der Waals surface area (Å²) in [6.45, 7) is 5.69. The summed E-state index contributed by atoms with van der Waals surface area (Å²) in [5.41, 5.74) is 10.4. The Hall–Kier alpha value is -5.29. The van der Waals surface area contributed by atoms with Crippen molar-refractivity contribution in [3.05, 3.63) is 152 Å². The van der Waals surface area contributed by atoms with Crippen LogP contribution in [-0.4, -0.2) is 43.3 Å². The SMILES string of the molecule is CC1=C(C#CC2=C(C)C3=C(c4ccccc4)c4c(C)cc(C)n4[B-](F)(F)[N+]3=C2C)C(C)=[N+]2C1=C(c1ccccc1)c1c(C)cc(C)n1[B-]2(F)F. The van der Waals surface area contributed by atoms with E-state index in [-0.39, 0.29) is 0 Å². The zero-order chi connectivity index (χ0) is 35.6. The summed E-state index contributed by atoms with van der Waals surface area (Å²) in [5.74, 6) is 6.48. The van der Waals surface area contributed by atoms with Gasteiger partial charge < -0.3 is 35.2 Å². The number of allylic oxidation sites excluding steroid dienone is 4. The van der Waals surface area contributed by atoms with Gasteiger partial charge in [0, 0.05) is 36.4 Å². The summed E-state index contributed by atoms with van der Waals surface area (Å²) in [6.07, 6.45) is 0. The molecule has 0 saturated heterocycles. The number of hydrogen-bond donors (Lipinski definition) is 0. The smallest absolute Gasteiger partial charge is 0.393 e. The number of fused-ring (bicyclic) bond motifs is 4. The largest absolute Gasteiger partial charge is 0.737 e. The molecule has 2 aromatic carbocycles. The highest BCUT2D eigenvalue weighted by atomic mass is 19.3. The number of hydrogen-bond acceptors (Lipinski definition) is 0. The van der Waals surface area contributed by atoms with Gasteiger partial charge in [-0.15, -0.1) is 0 Å². The quantitative estimate of drug-likeness (QED) is 0.115. The van der Waals surface area contributed by atoms with E-state index >= 15 is 17.3 Å². The fourth-order valence-corrected chi connectivity index (χ4v) is 8.89. The molecule has 0 bridgehead atoms. The molecule has 0 unspecified atom stereocenters. The summed E-state index contributed by atoms with van der Waals surface area (Å²) in [6, 6.07) is 22.8. The molecule has 0 amide bonds. The summed E-state index contributed by atoms with van der Waals surface area (Å²) in [7, 11) is 0. The number of aryl methyl sites for hydroxylation is 4. The van der Waals surface area contributed by atoms with Crippen molar-refractivity contribution >= 4 is 36.5 Å². The van der Waals surface area contributed by atoms with Crippen molar-refractivity contribution in [2.75, 3.05) is 0 Å². The van der Waals surface area contributed by atoms with E-state index in [2.05, 4.69) is 11.8 Å². The first-order chi connectivity index (χ1) is 23.7. The van der Waals surface area contributed by atoms with Gasteiger partial charge in [0.25, 0.3) is 0 Å². The molecule has 0 atom stereocenters. The maximum absolute atomic E-state index is 16.7. The van der Waals surface area contributed by atoms with Gasteiger partial charge in [-0.3, -0.25) is 0 Å². The van der Waals surface area contributed by atoms with Crippen LogP contribution in [-0.2, 0) is 0 Å². The highest BCUT2D eigenvalue weighted by molar-refractivity contribution is 6.59. The normalized spacial score (nSPS) is 18.9. The Morgan fingerprint density at radius 2 is 0.860 bits per heavy atom. The molecular weight excluding hydrogens is 634 g/mol. The summed E-state index contributed by atoms with van der Waals surface area (Å²) < 4.78 is 71.6. The van der Waals surface area contributed by atoms with Crippen LogP contribution < -0.4 is 0 Å². The van der Waals surface area contributed by atoms with Gasteiger partial charge in [-0.05, 0) is 87.3 Å². The molecule has 4 aromatic rings. The van der Waals surface area contributed by atoms with Crippen LogP contribution in [0.5, 0.6) is 0 Å². The van der Waals surface area contributed by atoms with E-state index in [0.717, 1.165) is 42.4 Å². The van der Waals surface area contributed by atoms with Gasteiger partial charge in [-0.2, -0.15) is 0 Å². The van der Waals surface area contributed by atoms with Crippen molar-refractivity contribution in [1.29, 1.82) is 0 Å². The Labute approximate surface area is 289 Å². The van der Waals surface area contributed by atoms with Gasteiger partial charge in [0.05, 0.1) is 22.3 Å². The van der Waals surface area contributed by atoms with E-state index in [1.165, 1.54) is 8.96 Å². The highest BCUT2D eigenvalue weighted by Gasteiger charge is 2.58. The molecule has 0 spiro atoms. The molecule has 2 aromatic heterocycles. The first-order valence-electron chi connectivity index (χ1n) is 16.9. The summed E-state index contributed by atoms with van der Waals surface area (Å²) >= 11 is 0. The molecule has 0 N–H and O–H groups in total. The van der Waals surface area contributed by atoms with Crippen molar-refractivity contribution in [1.82, 2.24) is 8.96 Å². The van der Waals surface area contributed by atoms with Crippen molar-refractivity contribution in [2.45, 2.75) is 55.4 Å². The number of aromatic nitrogens is 2. The van der Waals surface area contributed by atoms with Gasteiger partial charge >= 0.3 is 13.9 Å². The van der Waals surface area contributed by atoms with Crippen LogP contribution >= 0.6 is 0 Å². The van der Waals surface area contributed by atoms with Gasteiger partial charge in [0.2, 0.25) is 0 Å². The average molecular weight is 670 g/mol. The van der Waals surface area contributed by atoms with Crippen LogP contribution in [0, 0.1) is 39.5 Å². The van der Waals surface area contributed by atoms with Gasteiger partial charge in [-0.25, -0.2) is 0 Å².